The van der Waals surface area contributed by atoms with E-state index in [4.69, 9.17) is 15.1 Å². The third-order valence-electron chi connectivity index (χ3n) is 2.37. The number of nitrogens with one attached hydrogen (secondary N) is 1. The highest BCUT2D eigenvalue weighted by Crippen LogP contribution is 2.21. The molecule has 1 aromatic carbocycles. The molecule has 8 nitrogen and oxygen atoms in total. The number of anilines is 1. The van der Waals surface area contributed by atoms with Crippen LogP contribution in [0.3, 0.4) is 0 Å². The highest BCUT2D eigenvalue weighted by atomic mass is 16.6. The van der Waals surface area contributed by atoms with Gasteiger partial charge in [0.25, 0.3) is 5.69 Å². The van der Waals surface area contributed by atoms with Gasteiger partial charge in [-0.1, -0.05) is 0 Å². The number of hydrogen-bond donors (Lipinski definition) is 2. The quantitative estimate of drug-likeness (QED) is 0.579. The van der Waals surface area contributed by atoms with Crippen molar-refractivity contribution in [2.45, 2.75) is 6.10 Å². The minimum Gasteiger partial charge on any atom is -0.479 e. The van der Waals surface area contributed by atoms with Crippen molar-refractivity contribution in [3.05, 3.63) is 33.9 Å². The number of nitro benzene ring substituents is 1. The van der Waals surface area contributed by atoms with E-state index in [0.717, 1.165) is 6.07 Å². The summed E-state index contributed by atoms with van der Waals surface area (Å²) in [6, 6.07) is 5.50. The second-order valence-electron chi connectivity index (χ2n) is 3.54. The van der Waals surface area contributed by atoms with Gasteiger partial charge in [0.1, 0.15) is 6.07 Å². The Balaban J connectivity index is 2.87. The maximum atomic E-state index is 10.7. The van der Waals surface area contributed by atoms with E-state index in [1.54, 1.807) is 6.07 Å². The molecule has 2 N–H and O–H groups in total. The average molecular weight is 265 g/mol. The van der Waals surface area contributed by atoms with E-state index < -0.39 is 17.0 Å². The Morgan fingerprint density at radius 1 is 1.68 bits per heavy atom. The van der Waals surface area contributed by atoms with Gasteiger partial charge in [-0.2, -0.15) is 5.26 Å². The Morgan fingerprint density at radius 2 is 2.37 bits per heavy atom. The molecule has 1 aromatic rings. The molecule has 0 spiro atoms. The van der Waals surface area contributed by atoms with Crippen LogP contribution in [0.15, 0.2) is 18.2 Å². The number of carbonyl (C=O) groups is 1. The normalized spacial score (nSPS) is 11.4. The van der Waals surface area contributed by atoms with Crippen molar-refractivity contribution in [1.82, 2.24) is 0 Å². The lowest BCUT2D eigenvalue weighted by atomic mass is 10.1. The fraction of sp³-hybridized carbons (Fsp3) is 0.273. The van der Waals surface area contributed by atoms with Crippen molar-refractivity contribution in [2.75, 3.05) is 19.0 Å². The van der Waals surface area contributed by atoms with E-state index in [1.165, 1.54) is 19.2 Å². The molecule has 0 aliphatic rings. The van der Waals surface area contributed by atoms with Crippen LogP contribution in [0.1, 0.15) is 5.56 Å². The summed E-state index contributed by atoms with van der Waals surface area (Å²) in [4.78, 5) is 20.7. The largest absolute Gasteiger partial charge is 0.479 e. The van der Waals surface area contributed by atoms with Crippen LogP contribution in [0.5, 0.6) is 0 Å². The van der Waals surface area contributed by atoms with Crippen molar-refractivity contribution in [2.24, 2.45) is 0 Å². The summed E-state index contributed by atoms with van der Waals surface area (Å²) in [5, 5.41) is 30.9. The molecule has 0 saturated carbocycles. The summed E-state index contributed by atoms with van der Waals surface area (Å²) in [6.07, 6.45) is -1.07. The molecule has 0 aromatic heterocycles. The van der Waals surface area contributed by atoms with Crippen molar-refractivity contribution in [1.29, 1.82) is 5.26 Å². The lowest BCUT2D eigenvalue weighted by Gasteiger charge is -2.13. The minimum atomic E-state index is -1.14. The SMILES string of the molecule is COC(CNc1ccc([N+](=O)[O-])cc1C#N)C(=O)O. The van der Waals surface area contributed by atoms with Crippen molar-refractivity contribution >= 4 is 17.3 Å². The number of carboxylic acids is 1. The molecular weight excluding hydrogens is 254 g/mol. The van der Waals surface area contributed by atoms with E-state index in [1.807, 2.05) is 0 Å². The molecule has 1 rings (SSSR count). The van der Waals surface area contributed by atoms with E-state index >= 15 is 0 Å². The summed E-state index contributed by atoms with van der Waals surface area (Å²) < 4.78 is 4.72. The van der Waals surface area contributed by atoms with Crippen LogP contribution in [-0.2, 0) is 9.53 Å². The van der Waals surface area contributed by atoms with Gasteiger partial charge < -0.3 is 15.2 Å². The lowest BCUT2D eigenvalue weighted by Crippen LogP contribution is -2.30. The molecule has 100 valence electrons. The molecule has 8 heteroatoms. The third-order valence-corrected chi connectivity index (χ3v) is 2.37. The number of hydrogen-bond acceptors (Lipinski definition) is 6. The topological polar surface area (TPSA) is 125 Å². The Morgan fingerprint density at radius 3 is 2.84 bits per heavy atom. The van der Waals surface area contributed by atoms with Gasteiger partial charge in [-0.3, -0.25) is 10.1 Å². The first kappa shape index (κ1) is 14.4. The van der Waals surface area contributed by atoms with Gasteiger partial charge in [-0.25, -0.2) is 4.79 Å². The first-order valence-electron chi connectivity index (χ1n) is 5.17. The zero-order valence-electron chi connectivity index (χ0n) is 9.99. The van der Waals surface area contributed by atoms with Crippen LogP contribution in [0, 0.1) is 21.4 Å². The Hall–Kier alpha value is -2.66. The Bertz CT molecular complexity index is 538. The van der Waals surface area contributed by atoms with Gasteiger partial charge in [-0.05, 0) is 6.07 Å². The van der Waals surface area contributed by atoms with E-state index in [2.05, 4.69) is 5.32 Å². The zero-order chi connectivity index (χ0) is 14.4. The number of carboxylic acid groups (broad SMARTS) is 1. The van der Waals surface area contributed by atoms with E-state index in [0.29, 0.717) is 5.69 Å². The maximum absolute atomic E-state index is 10.7. The molecule has 0 radical (unpaired) electrons. The van der Waals surface area contributed by atoms with Gasteiger partial charge in [0.15, 0.2) is 6.10 Å². The molecule has 0 amide bonds. The number of nitrogens with zero attached hydrogens (tertiary/aromatic N) is 2. The van der Waals surface area contributed by atoms with Gasteiger partial charge in [0.05, 0.1) is 22.7 Å². The number of benzene rings is 1. The number of nitriles is 1. The predicted molar refractivity (Wildman–Crippen MR) is 64.7 cm³/mol. The number of nitro groups is 1. The fourth-order valence-electron chi connectivity index (χ4n) is 1.37. The molecule has 0 aliphatic heterocycles. The van der Waals surface area contributed by atoms with Crippen LogP contribution in [-0.4, -0.2) is 35.8 Å². The maximum Gasteiger partial charge on any atom is 0.334 e. The van der Waals surface area contributed by atoms with Crippen LogP contribution < -0.4 is 5.32 Å². The third kappa shape index (κ3) is 3.65. The number of aliphatic carboxylic acids is 1. The smallest absolute Gasteiger partial charge is 0.334 e. The van der Waals surface area contributed by atoms with E-state index in [9.17, 15) is 14.9 Å². The highest BCUT2D eigenvalue weighted by Gasteiger charge is 2.17. The minimum absolute atomic E-state index is 0.0572. The number of rotatable bonds is 6. The first-order valence-corrected chi connectivity index (χ1v) is 5.17. The molecule has 1 atom stereocenters. The predicted octanol–water partition coefficient (Wildman–Crippen LogP) is 0.978. The molecule has 0 aliphatic carbocycles. The van der Waals surface area contributed by atoms with Crippen LogP contribution in [0.4, 0.5) is 11.4 Å². The highest BCUT2D eigenvalue weighted by molar-refractivity contribution is 5.73. The van der Waals surface area contributed by atoms with Gasteiger partial charge in [-0.15, -0.1) is 0 Å². The van der Waals surface area contributed by atoms with E-state index in [-0.39, 0.29) is 17.8 Å². The van der Waals surface area contributed by atoms with Gasteiger partial charge in [0.2, 0.25) is 0 Å². The number of non-ortho nitro benzene ring substituents is 1. The standard InChI is InChI=1S/C11H11N3O5/c1-19-10(11(15)16)6-13-9-3-2-8(14(17)18)4-7(9)5-12/h2-4,10,13H,6H2,1H3,(H,15,16). The van der Waals surface area contributed by atoms with Crippen LogP contribution in [0.25, 0.3) is 0 Å². The summed E-state index contributed by atoms with van der Waals surface area (Å²) in [5.41, 5.74) is 0.175. The summed E-state index contributed by atoms with van der Waals surface area (Å²) in [7, 11) is 1.25. The molecule has 0 heterocycles. The Labute approximate surface area is 108 Å². The van der Waals surface area contributed by atoms with Gasteiger partial charge >= 0.3 is 5.97 Å². The molecule has 0 bridgehead atoms. The number of ether oxygens (including phenoxy) is 1. The fourth-order valence-corrected chi connectivity index (χ4v) is 1.37. The Kier molecular flexibility index (Phi) is 4.79. The van der Waals surface area contributed by atoms with Crippen molar-refractivity contribution in [3.8, 4) is 6.07 Å². The zero-order valence-corrected chi connectivity index (χ0v) is 9.99. The summed E-state index contributed by atoms with van der Waals surface area (Å²) in [5.74, 6) is -1.14. The average Bonchev–Trinajstić information content (AvgIpc) is 2.38. The van der Waals surface area contributed by atoms with Gasteiger partial charge in [0, 0.05) is 19.2 Å². The first-order chi connectivity index (χ1) is 8.99. The second kappa shape index (κ2) is 6.32. The molecule has 1 unspecified atom stereocenters. The molecular formula is C11H11N3O5. The monoisotopic (exact) mass is 265 g/mol. The number of methoxy groups -OCH3 is 1. The summed E-state index contributed by atoms with van der Waals surface area (Å²) in [6.45, 7) is -0.0572. The summed E-state index contributed by atoms with van der Waals surface area (Å²) >= 11 is 0. The molecule has 0 fully saturated rings. The molecule has 19 heavy (non-hydrogen) atoms. The van der Waals surface area contributed by atoms with Crippen molar-refractivity contribution < 1.29 is 19.6 Å². The van der Waals surface area contributed by atoms with Crippen LogP contribution in [0.2, 0.25) is 0 Å². The van der Waals surface area contributed by atoms with Crippen molar-refractivity contribution in [3.63, 3.8) is 0 Å². The lowest BCUT2D eigenvalue weighted by molar-refractivity contribution is -0.384. The van der Waals surface area contributed by atoms with Crippen LogP contribution >= 0.6 is 0 Å². The molecule has 0 saturated heterocycles. The second-order valence-corrected chi connectivity index (χ2v) is 3.54.